The highest BCUT2D eigenvalue weighted by Crippen LogP contribution is 2.38. The fraction of sp³-hybridized carbons (Fsp3) is 0.688. The molecule has 2 rings (SSSR count). The fourth-order valence-corrected chi connectivity index (χ4v) is 2.87. The van der Waals surface area contributed by atoms with Crippen molar-refractivity contribution in [1.29, 1.82) is 0 Å². The third kappa shape index (κ3) is 4.78. The predicted octanol–water partition coefficient (Wildman–Crippen LogP) is 0.596. The summed E-state index contributed by atoms with van der Waals surface area (Å²) in [7, 11) is 0. The molecule has 2 heterocycles. The van der Waals surface area contributed by atoms with Crippen molar-refractivity contribution >= 4 is 11.8 Å². The molecule has 1 aromatic heterocycles. The molecule has 0 aliphatic carbocycles. The summed E-state index contributed by atoms with van der Waals surface area (Å²) in [5.74, 6) is -0.587. The maximum absolute atomic E-state index is 12.0. The summed E-state index contributed by atoms with van der Waals surface area (Å²) in [5.41, 5.74) is 11.4. The second kappa shape index (κ2) is 9.51. The molecule has 28 heavy (non-hydrogen) atoms. The Bertz CT molecular complexity index is 794. The Morgan fingerprint density at radius 1 is 1.50 bits per heavy atom. The van der Waals surface area contributed by atoms with Crippen LogP contribution in [0, 0.1) is 0 Å². The topological polar surface area (TPSA) is 186 Å². The molecular weight excluding hydrogens is 372 g/mol. The Morgan fingerprint density at radius 3 is 2.89 bits per heavy atom. The van der Waals surface area contributed by atoms with Gasteiger partial charge in [0.25, 0.3) is 0 Å². The molecule has 0 aromatic carbocycles. The molecule has 1 aliphatic heterocycles. The van der Waals surface area contributed by atoms with Crippen molar-refractivity contribution in [2.24, 2.45) is 5.11 Å². The lowest BCUT2D eigenvalue weighted by molar-refractivity contribution is -0.165. The first-order valence-corrected chi connectivity index (χ1v) is 8.95. The lowest BCUT2D eigenvalue weighted by Gasteiger charge is -2.26. The lowest BCUT2D eigenvalue weighted by atomic mass is 10.1. The number of carbonyl (C=O) groups excluding carboxylic acids is 1. The minimum Gasteiger partial charge on any atom is -0.462 e. The van der Waals surface area contributed by atoms with E-state index in [1.54, 1.807) is 0 Å². The smallest absolute Gasteiger partial charge is 0.351 e. The minimum absolute atomic E-state index is 0.0346. The average molecular weight is 396 g/mol. The molecule has 12 nitrogen and oxygen atoms in total. The Labute approximate surface area is 160 Å². The molecule has 0 radical (unpaired) electrons. The van der Waals surface area contributed by atoms with E-state index in [4.69, 9.17) is 20.7 Å². The summed E-state index contributed by atoms with van der Waals surface area (Å²) in [5, 5.41) is 24.1. The van der Waals surface area contributed by atoms with Crippen LogP contribution in [0.3, 0.4) is 0 Å². The van der Waals surface area contributed by atoms with Crippen molar-refractivity contribution < 1.29 is 24.5 Å². The second-order valence-electron chi connectivity index (χ2n) is 6.49. The van der Waals surface area contributed by atoms with Gasteiger partial charge >= 0.3 is 11.7 Å². The van der Waals surface area contributed by atoms with E-state index in [0.717, 1.165) is 23.8 Å². The number of carbonyl (C=O) groups is 1. The number of aliphatic hydroxyl groups excluding tert-OH is 2. The fourth-order valence-electron chi connectivity index (χ4n) is 2.87. The van der Waals surface area contributed by atoms with E-state index >= 15 is 0 Å². The number of ether oxygens (including phenoxy) is 2. The van der Waals surface area contributed by atoms with Crippen LogP contribution < -0.4 is 11.4 Å². The second-order valence-corrected chi connectivity index (χ2v) is 6.49. The van der Waals surface area contributed by atoms with E-state index in [-0.39, 0.29) is 12.2 Å². The first-order valence-electron chi connectivity index (χ1n) is 8.95. The number of anilines is 1. The number of nitrogen functional groups attached to an aromatic ring is 1. The summed E-state index contributed by atoms with van der Waals surface area (Å²) in [6, 6.07) is 1.30. The molecule has 1 aromatic rings. The van der Waals surface area contributed by atoms with Crippen LogP contribution in [0.4, 0.5) is 5.82 Å². The quantitative estimate of drug-likeness (QED) is 0.178. The van der Waals surface area contributed by atoms with Gasteiger partial charge in [-0.05, 0) is 18.0 Å². The molecule has 12 heteroatoms. The van der Waals surface area contributed by atoms with Gasteiger partial charge in [-0.25, -0.2) is 4.79 Å². The maximum Gasteiger partial charge on any atom is 0.351 e. The van der Waals surface area contributed by atoms with Crippen molar-refractivity contribution in [3.63, 3.8) is 0 Å². The molecule has 0 amide bonds. The summed E-state index contributed by atoms with van der Waals surface area (Å²) in [6.45, 7) is 1.43. The molecule has 0 spiro atoms. The zero-order valence-electron chi connectivity index (χ0n) is 15.5. The van der Waals surface area contributed by atoms with Crippen LogP contribution >= 0.6 is 0 Å². The Balaban J connectivity index is 2.13. The van der Waals surface area contributed by atoms with Crippen LogP contribution in [-0.4, -0.2) is 50.3 Å². The summed E-state index contributed by atoms with van der Waals surface area (Å²) in [4.78, 5) is 30.0. The molecule has 1 saturated heterocycles. The van der Waals surface area contributed by atoms with Crippen molar-refractivity contribution in [3.8, 4) is 0 Å². The standard InChI is InChI=1S/C16H24N6O6/c1-2-3-4-5-6-11(23)27-9-16(20-21-18)13(25)12(24)14(28-16)22-8-7-10(17)19-15(22)26/h7-8,12-14,24-25H,2-6,9H2,1H3,(H2,17,19,26)/t12-,13+,14-,16-/m1/s1. The van der Waals surface area contributed by atoms with Gasteiger partial charge in [0.2, 0.25) is 5.72 Å². The Hall–Kier alpha value is -2.66. The first kappa shape index (κ1) is 21.6. The predicted molar refractivity (Wildman–Crippen MR) is 96.6 cm³/mol. The normalized spacial score (nSPS) is 26.6. The number of nitrogens with zero attached hydrogens (tertiary/aromatic N) is 5. The summed E-state index contributed by atoms with van der Waals surface area (Å²) >= 11 is 0. The van der Waals surface area contributed by atoms with Gasteiger partial charge in [0.15, 0.2) is 6.23 Å². The van der Waals surface area contributed by atoms with Gasteiger partial charge in [0.05, 0.1) is 0 Å². The Morgan fingerprint density at radius 2 is 2.25 bits per heavy atom. The minimum atomic E-state index is -2.08. The van der Waals surface area contributed by atoms with Crippen LogP contribution in [0.25, 0.3) is 10.4 Å². The molecule has 1 aliphatic rings. The largest absolute Gasteiger partial charge is 0.462 e. The van der Waals surface area contributed by atoms with Crippen molar-refractivity contribution in [2.75, 3.05) is 12.3 Å². The number of hydrogen-bond donors (Lipinski definition) is 3. The maximum atomic E-state index is 12.0. The average Bonchev–Trinajstić information content (AvgIpc) is 2.90. The van der Waals surface area contributed by atoms with Gasteiger partial charge in [-0.2, -0.15) is 4.98 Å². The summed E-state index contributed by atoms with van der Waals surface area (Å²) in [6.07, 6.45) is 0.117. The van der Waals surface area contributed by atoms with Gasteiger partial charge in [-0.15, -0.1) is 0 Å². The number of azide groups is 1. The van der Waals surface area contributed by atoms with Crippen LogP contribution in [0.2, 0.25) is 0 Å². The molecule has 0 bridgehead atoms. The van der Waals surface area contributed by atoms with Crippen LogP contribution in [-0.2, 0) is 14.3 Å². The highest BCUT2D eigenvalue weighted by atomic mass is 16.6. The van der Waals surface area contributed by atoms with Crippen LogP contribution in [0.1, 0.15) is 45.3 Å². The van der Waals surface area contributed by atoms with Gasteiger partial charge in [-0.3, -0.25) is 9.36 Å². The molecule has 0 saturated carbocycles. The van der Waals surface area contributed by atoms with E-state index in [0.29, 0.717) is 6.42 Å². The molecular formula is C16H24N6O6. The van der Waals surface area contributed by atoms with Crippen molar-refractivity contribution in [3.05, 3.63) is 33.2 Å². The van der Waals surface area contributed by atoms with Crippen LogP contribution in [0.15, 0.2) is 22.2 Å². The van der Waals surface area contributed by atoms with Crippen LogP contribution in [0.5, 0.6) is 0 Å². The molecule has 1 fully saturated rings. The van der Waals surface area contributed by atoms with E-state index in [1.807, 2.05) is 6.92 Å². The van der Waals surface area contributed by atoms with Gasteiger partial charge in [0, 0.05) is 17.5 Å². The van der Waals surface area contributed by atoms with Gasteiger partial charge in [-0.1, -0.05) is 31.3 Å². The number of aliphatic hydroxyl groups is 2. The zero-order chi connectivity index (χ0) is 20.7. The Kier molecular flexibility index (Phi) is 7.35. The van der Waals surface area contributed by atoms with Gasteiger partial charge in [0.1, 0.15) is 24.6 Å². The number of esters is 1. The van der Waals surface area contributed by atoms with Gasteiger partial charge < -0.3 is 25.4 Å². The van der Waals surface area contributed by atoms with Crippen molar-refractivity contribution in [2.45, 2.75) is 63.2 Å². The molecule has 0 unspecified atom stereocenters. The number of unbranched alkanes of at least 4 members (excludes halogenated alkanes) is 3. The highest BCUT2D eigenvalue weighted by Gasteiger charge is 2.56. The van der Waals surface area contributed by atoms with Crippen molar-refractivity contribution in [1.82, 2.24) is 9.55 Å². The monoisotopic (exact) mass is 396 g/mol. The van der Waals surface area contributed by atoms with E-state index in [9.17, 15) is 19.8 Å². The third-order valence-corrected chi connectivity index (χ3v) is 4.42. The summed E-state index contributed by atoms with van der Waals surface area (Å²) < 4.78 is 11.5. The lowest BCUT2D eigenvalue weighted by Crippen LogP contribution is -2.45. The molecule has 4 atom stereocenters. The highest BCUT2D eigenvalue weighted by molar-refractivity contribution is 5.69. The zero-order valence-corrected chi connectivity index (χ0v) is 15.5. The van der Waals surface area contributed by atoms with E-state index < -0.39 is 42.4 Å². The van der Waals surface area contributed by atoms with E-state index in [1.165, 1.54) is 12.3 Å². The number of nitrogens with two attached hydrogens (primary N) is 1. The number of hydrogen-bond acceptors (Lipinski definition) is 9. The SMILES string of the molecule is CCCCCCC(=O)OC[C@@]1(N=[N+]=[N-])O[C@@H](n2ccc(N)nc2=O)[C@H](O)[C@@H]1O. The third-order valence-electron chi connectivity index (χ3n) is 4.42. The number of rotatable bonds is 9. The molecule has 4 N–H and O–H groups in total. The molecule has 154 valence electrons. The van der Waals surface area contributed by atoms with E-state index in [2.05, 4.69) is 15.0 Å². The first-order chi connectivity index (χ1) is 13.3. The number of aromatic nitrogens is 2.